The van der Waals surface area contributed by atoms with Gasteiger partial charge in [-0.05, 0) is 12.5 Å². The van der Waals surface area contributed by atoms with E-state index in [-0.39, 0.29) is 6.61 Å². The minimum absolute atomic E-state index is 0.185. The SMILES string of the molecule is CC(=O)O[C@@H]1C(OCc2ccccc2)C(O)OC(C)[C@@H]1OC(C)=O. The summed E-state index contributed by atoms with van der Waals surface area (Å²) in [6, 6.07) is 9.33. The van der Waals surface area contributed by atoms with Crippen LogP contribution in [0.25, 0.3) is 0 Å². The number of aliphatic hydroxyl groups is 1. The Morgan fingerprint density at radius 1 is 1.04 bits per heavy atom. The molecule has 24 heavy (non-hydrogen) atoms. The average molecular weight is 338 g/mol. The monoisotopic (exact) mass is 338 g/mol. The number of rotatable bonds is 5. The molecule has 1 aromatic rings. The number of aliphatic hydroxyl groups excluding tert-OH is 1. The second kappa shape index (κ2) is 8.23. The van der Waals surface area contributed by atoms with E-state index in [0.29, 0.717) is 0 Å². The van der Waals surface area contributed by atoms with Crippen LogP contribution in [0.1, 0.15) is 26.3 Å². The molecule has 1 fully saturated rings. The Kier molecular flexibility index (Phi) is 6.30. The fraction of sp³-hybridized carbons (Fsp3) is 0.529. The maximum absolute atomic E-state index is 11.4. The van der Waals surface area contributed by atoms with Crippen molar-refractivity contribution in [3.8, 4) is 0 Å². The Bertz CT molecular complexity index is 559. The molecule has 1 N–H and O–H groups in total. The average Bonchev–Trinajstić information content (AvgIpc) is 2.51. The van der Waals surface area contributed by atoms with Crippen molar-refractivity contribution in [2.75, 3.05) is 0 Å². The standard InChI is InChI=1S/C17H22O7/c1-10-14(23-11(2)18)15(24-12(3)19)16(17(20)22-10)21-9-13-7-5-4-6-8-13/h4-8,10,14-17,20H,9H2,1-3H3/t10?,14-,15-,16?,17?/m0/s1. The second-order valence-electron chi connectivity index (χ2n) is 5.64. The molecule has 7 nitrogen and oxygen atoms in total. The number of hydrogen-bond donors (Lipinski definition) is 1. The molecule has 1 aliphatic heterocycles. The first-order valence-corrected chi connectivity index (χ1v) is 7.72. The summed E-state index contributed by atoms with van der Waals surface area (Å²) in [5.74, 6) is -1.10. The van der Waals surface area contributed by atoms with E-state index in [0.717, 1.165) is 5.56 Å². The predicted octanol–water partition coefficient (Wildman–Crippen LogP) is 1.17. The highest BCUT2D eigenvalue weighted by Gasteiger charge is 2.48. The Labute approximate surface area is 140 Å². The van der Waals surface area contributed by atoms with E-state index in [1.807, 2.05) is 30.3 Å². The van der Waals surface area contributed by atoms with Gasteiger partial charge in [-0.1, -0.05) is 30.3 Å². The largest absolute Gasteiger partial charge is 0.456 e. The van der Waals surface area contributed by atoms with Crippen LogP contribution in [0.15, 0.2) is 30.3 Å². The van der Waals surface area contributed by atoms with Crippen LogP contribution in [0.4, 0.5) is 0 Å². The molecule has 132 valence electrons. The van der Waals surface area contributed by atoms with Crippen molar-refractivity contribution in [3.63, 3.8) is 0 Å². The van der Waals surface area contributed by atoms with Gasteiger partial charge in [-0.2, -0.15) is 0 Å². The molecule has 7 heteroatoms. The van der Waals surface area contributed by atoms with Crippen LogP contribution in [0, 0.1) is 0 Å². The highest BCUT2D eigenvalue weighted by molar-refractivity contribution is 5.67. The lowest BCUT2D eigenvalue weighted by Gasteiger charge is -2.42. The summed E-state index contributed by atoms with van der Waals surface area (Å²) in [6.45, 7) is 4.31. The van der Waals surface area contributed by atoms with Crippen molar-refractivity contribution in [1.29, 1.82) is 0 Å². The molecule has 2 rings (SSSR count). The Balaban J connectivity index is 2.16. The van der Waals surface area contributed by atoms with Gasteiger partial charge in [0.05, 0.1) is 12.7 Å². The Morgan fingerprint density at radius 3 is 2.21 bits per heavy atom. The summed E-state index contributed by atoms with van der Waals surface area (Å²) < 4.78 is 21.6. The fourth-order valence-electron chi connectivity index (χ4n) is 2.62. The zero-order valence-electron chi connectivity index (χ0n) is 13.9. The zero-order chi connectivity index (χ0) is 17.7. The van der Waals surface area contributed by atoms with Crippen LogP contribution in [0.5, 0.6) is 0 Å². The highest BCUT2D eigenvalue weighted by atomic mass is 16.7. The van der Waals surface area contributed by atoms with Crippen molar-refractivity contribution in [2.24, 2.45) is 0 Å². The number of carbonyl (C=O) groups excluding carboxylic acids is 2. The first kappa shape index (κ1) is 18.4. The molecule has 3 unspecified atom stereocenters. The van der Waals surface area contributed by atoms with Crippen molar-refractivity contribution in [2.45, 2.75) is 58.1 Å². The van der Waals surface area contributed by atoms with Crippen molar-refractivity contribution >= 4 is 11.9 Å². The van der Waals surface area contributed by atoms with E-state index in [9.17, 15) is 14.7 Å². The van der Waals surface area contributed by atoms with Crippen LogP contribution >= 0.6 is 0 Å². The smallest absolute Gasteiger partial charge is 0.303 e. The molecule has 5 atom stereocenters. The maximum Gasteiger partial charge on any atom is 0.303 e. The van der Waals surface area contributed by atoms with E-state index in [4.69, 9.17) is 18.9 Å². The van der Waals surface area contributed by atoms with Gasteiger partial charge in [-0.25, -0.2) is 0 Å². The second-order valence-corrected chi connectivity index (χ2v) is 5.64. The van der Waals surface area contributed by atoms with Gasteiger partial charge in [0, 0.05) is 13.8 Å². The van der Waals surface area contributed by atoms with Gasteiger partial charge in [0.15, 0.2) is 18.5 Å². The normalized spacial score (nSPS) is 29.8. The van der Waals surface area contributed by atoms with E-state index in [2.05, 4.69) is 0 Å². The molecule has 1 heterocycles. The number of hydrogen-bond acceptors (Lipinski definition) is 7. The van der Waals surface area contributed by atoms with Gasteiger partial charge >= 0.3 is 11.9 Å². The summed E-state index contributed by atoms with van der Waals surface area (Å²) in [4.78, 5) is 22.8. The molecule has 0 aromatic heterocycles. The van der Waals surface area contributed by atoms with Crippen molar-refractivity contribution in [3.05, 3.63) is 35.9 Å². The lowest BCUT2D eigenvalue weighted by molar-refractivity contribution is -0.295. The molecule has 0 aliphatic carbocycles. The summed E-state index contributed by atoms with van der Waals surface area (Å²) in [5.41, 5.74) is 0.883. The minimum Gasteiger partial charge on any atom is -0.456 e. The summed E-state index contributed by atoms with van der Waals surface area (Å²) >= 11 is 0. The van der Waals surface area contributed by atoms with Gasteiger partial charge < -0.3 is 24.1 Å². The van der Waals surface area contributed by atoms with Crippen LogP contribution in [0.2, 0.25) is 0 Å². The summed E-state index contributed by atoms with van der Waals surface area (Å²) in [7, 11) is 0. The quantitative estimate of drug-likeness (QED) is 0.806. The predicted molar refractivity (Wildman–Crippen MR) is 82.7 cm³/mol. The van der Waals surface area contributed by atoms with Gasteiger partial charge in [0.25, 0.3) is 0 Å². The minimum atomic E-state index is -1.31. The first-order valence-electron chi connectivity index (χ1n) is 7.72. The summed E-state index contributed by atoms with van der Waals surface area (Å²) in [5, 5.41) is 10.2. The maximum atomic E-state index is 11.4. The van der Waals surface area contributed by atoms with E-state index in [1.165, 1.54) is 13.8 Å². The molecule has 0 bridgehead atoms. The van der Waals surface area contributed by atoms with Crippen molar-refractivity contribution < 1.29 is 33.6 Å². The number of benzene rings is 1. The van der Waals surface area contributed by atoms with Crippen molar-refractivity contribution in [1.82, 2.24) is 0 Å². The van der Waals surface area contributed by atoms with E-state index >= 15 is 0 Å². The first-order chi connectivity index (χ1) is 11.4. The Morgan fingerprint density at radius 2 is 1.62 bits per heavy atom. The lowest BCUT2D eigenvalue weighted by atomic mass is 9.99. The Hall–Kier alpha value is -1.96. The van der Waals surface area contributed by atoms with Gasteiger partial charge in [0.1, 0.15) is 6.10 Å². The molecule has 1 aromatic carbocycles. The van der Waals surface area contributed by atoms with Gasteiger partial charge in [0.2, 0.25) is 0 Å². The topological polar surface area (TPSA) is 91.3 Å². The third-order valence-electron chi connectivity index (χ3n) is 3.63. The molecule has 0 radical (unpaired) electrons. The third kappa shape index (κ3) is 4.77. The van der Waals surface area contributed by atoms with Crippen LogP contribution < -0.4 is 0 Å². The van der Waals surface area contributed by atoms with Crippen LogP contribution in [0.3, 0.4) is 0 Å². The molecular weight excluding hydrogens is 316 g/mol. The van der Waals surface area contributed by atoms with E-state index < -0.39 is 42.6 Å². The molecule has 0 spiro atoms. The number of esters is 2. The molecule has 0 amide bonds. The molecular formula is C17H22O7. The lowest BCUT2D eigenvalue weighted by Crippen LogP contribution is -2.60. The van der Waals surface area contributed by atoms with Crippen LogP contribution in [-0.2, 0) is 35.1 Å². The molecule has 1 saturated heterocycles. The molecule has 1 aliphatic rings. The highest BCUT2D eigenvalue weighted by Crippen LogP contribution is 2.28. The number of ether oxygens (including phenoxy) is 4. The van der Waals surface area contributed by atoms with Gasteiger partial charge in [-0.3, -0.25) is 9.59 Å². The number of carbonyl (C=O) groups is 2. The molecule has 0 saturated carbocycles. The van der Waals surface area contributed by atoms with Crippen LogP contribution in [-0.4, -0.2) is 47.8 Å². The zero-order valence-corrected chi connectivity index (χ0v) is 13.9. The summed E-state index contributed by atoms with van der Waals surface area (Å²) in [6.07, 6.45) is -4.76. The van der Waals surface area contributed by atoms with Gasteiger partial charge in [-0.15, -0.1) is 0 Å². The third-order valence-corrected chi connectivity index (χ3v) is 3.63. The van der Waals surface area contributed by atoms with E-state index in [1.54, 1.807) is 6.92 Å². The fourth-order valence-corrected chi connectivity index (χ4v) is 2.62.